The second-order valence-corrected chi connectivity index (χ2v) is 8.56. The van der Waals surface area contributed by atoms with Gasteiger partial charge in [-0.3, -0.25) is 10.00 Å². The number of rotatable bonds is 6. The van der Waals surface area contributed by atoms with Crippen molar-refractivity contribution >= 4 is 17.5 Å². The van der Waals surface area contributed by atoms with Gasteiger partial charge in [0.1, 0.15) is 5.82 Å². The molecule has 0 bridgehead atoms. The normalized spacial score (nSPS) is 21.8. The van der Waals surface area contributed by atoms with E-state index >= 15 is 4.39 Å². The number of hydrogen-bond acceptors (Lipinski definition) is 7. The van der Waals surface area contributed by atoms with Crippen LogP contribution in [0.3, 0.4) is 0 Å². The second kappa shape index (κ2) is 7.21. The Morgan fingerprint density at radius 1 is 1.24 bits per heavy atom. The minimum Gasteiger partial charge on any atom is -0.377 e. The number of aromatic nitrogens is 4. The van der Waals surface area contributed by atoms with Crippen LogP contribution >= 0.6 is 0 Å². The first-order valence-corrected chi connectivity index (χ1v) is 10.5. The number of halogens is 1. The molecule has 3 fully saturated rings. The minimum absolute atomic E-state index is 0.124. The van der Waals surface area contributed by atoms with E-state index < -0.39 is 5.82 Å². The van der Waals surface area contributed by atoms with Crippen molar-refractivity contribution in [2.45, 2.75) is 44.6 Å². The van der Waals surface area contributed by atoms with Crippen LogP contribution in [0.15, 0.2) is 6.07 Å². The predicted octanol–water partition coefficient (Wildman–Crippen LogP) is 2.43. The average molecular weight is 401 g/mol. The van der Waals surface area contributed by atoms with Crippen LogP contribution < -0.4 is 10.2 Å². The zero-order valence-electron chi connectivity index (χ0n) is 17.0. The molecule has 8 nitrogen and oxygen atoms in total. The van der Waals surface area contributed by atoms with Crippen molar-refractivity contribution in [3.63, 3.8) is 0 Å². The van der Waals surface area contributed by atoms with E-state index in [0.29, 0.717) is 17.6 Å². The SMILES string of the molecule is CCc1cc(Nc2nc(C3CC3)nc(N3CCN(C4(C)COC4)CC3)c2F)n[nH]1. The van der Waals surface area contributed by atoms with Crippen LogP contribution in [0.4, 0.5) is 21.8 Å². The maximum Gasteiger partial charge on any atom is 0.208 e. The van der Waals surface area contributed by atoms with Gasteiger partial charge in [0.25, 0.3) is 0 Å². The van der Waals surface area contributed by atoms with Crippen molar-refractivity contribution in [2.75, 3.05) is 49.6 Å². The van der Waals surface area contributed by atoms with E-state index in [4.69, 9.17) is 4.74 Å². The van der Waals surface area contributed by atoms with Gasteiger partial charge in [-0.2, -0.15) is 9.49 Å². The fourth-order valence-electron chi connectivity index (χ4n) is 4.03. The van der Waals surface area contributed by atoms with Crippen molar-refractivity contribution in [1.29, 1.82) is 0 Å². The number of nitrogens with zero attached hydrogens (tertiary/aromatic N) is 5. The topological polar surface area (TPSA) is 82.2 Å². The van der Waals surface area contributed by atoms with Gasteiger partial charge >= 0.3 is 0 Å². The highest BCUT2D eigenvalue weighted by Crippen LogP contribution is 2.40. The Balaban J connectivity index is 1.38. The minimum atomic E-state index is -0.401. The van der Waals surface area contributed by atoms with Gasteiger partial charge in [0.15, 0.2) is 17.5 Å². The van der Waals surface area contributed by atoms with Gasteiger partial charge in [-0.1, -0.05) is 6.92 Å². The summed E-state index contributed by atoms with van der Waals surface area (Å²) >= 11 is 0. The van der Waals surface area contributed by atoms with E-state index in [-0.39, 0.29) is 11.4 Å². The van der Waals surface area contributed by atoms with Crippen molar-refractivity contribution in [3.8, 4) is 0 Å². The van der Waals surface area contributed by atoms with Gasteiger partial charge in [0, 0.05) is 43.9 Å². The molecule has 0 aromatic carbocycles. The molecule has 2 saturated heterocycles. The first-order valence-electron chi connectivity index (χ1n) is 10.5. The summed E-state index contributed by atoms with van der Waals surface area (Å²) in [5, 5.41) is 10.2. The molecule has 2 aromatic heterocycles. The van der Waals surface area contributed by atoms with Crippen LogP contribution in [-0.2, 0) is 11.2 Å². The Morgan fingerprint density at radius 3 is 2.59 bits per heavy atom. The Kier molecular flexibility index (Phi) is 4.66. The smallest absolute Gasteiger partial charge is 0.208 e. The van der Waals surface area contributed by atoms with Crippen LogP contribution in [0.2, 0.25) is 0 Å². The molecule has 9 heteroatoms. The first kappa shape index (κ1) is 18.7. The van der Waals surface area contributed by atoms with Gasteiger partial charge in [-0.25, -0.2) is 9.97 Å². The van der Waals surface area contributed by atoms with E-state index in [1.54, 1.807) is 0 Å². The molecule has 5 rings (SSSR count). The maximum atomic E-state index is 15.4. The summed E-state index contributed by atoms with van der Waals surface area (Å²) in [6.07, 6.45) is 2.98. The van der Waals surface area contributed by atoms with Gasteiger partial charge in [0.05, 0.1) is 18.8 Å². The monoisotopic (exact) mass is 401 g/mol. The third-order valence-corrected chi connectivity index (χ3v) is 6.22. The van der Waals surface area contributed by atoms with Gasteiger partial charge in [-0.15, -0.1) is 0 Å². The molecule has 0 spiro atoms. The molecule has 29 heavy (non-hydrogen) atoms. The quantitative estimate of drug-likeness (QED) is 0.769. The van der Waals surface area contributed by atoms with Gasteiger partial charge < -0.3 is 15.0 Å². The average Bonchev–Trinajstić information content (AvgIpc) is 3.47. The number of ether oxygens (including phenoxy) is 1. The molecule has 0 atom stereocenters. The Morgan fingerprint density at radius 2 is 2.00 bits per heavy atom. The maximum absolute atomic E-state index is 15.4. The summed E-state index contributed by atoms with van der Waals surface area (Å²) in [7, 11) is 0. The zero-order chi connectivity index (χ0) is 20.0. The number of nitrogens with one attached hydrogen (secondary N) is 2. The predicted molar refractivity (Wildman–Crippen MR) is 108 cm³/mol. The van der Waals surface area contributed by atoms with Crippen LogP contribution in [-0.4, -0.2) is 70.0 Å². The largest absolute Gasteiger partial charge is 0.377 e. The number of aromatic amines is 1. The molecule has 2 aliphatic heterocycles. The van der Waals surface area contributed by atoms with Crippen molar-refractivity contribution in [2.24, 2.45) is 0 Å². The van der Waals surface area contributed by atoms with Gasteiger partial charge in [-0.05, 0) is 26.2 Å². The van der Waals surface area contributed by atoms with E-state index in [0.717, 1.165) is 70.2 Å². The number of hydrogen-bond donors (Lipinski definition) is 2. The van der Waals surface area contributed by atoms with E-state index in [1.165, 1.54) is 0 Å². The Labute approximate surface area is 169 Å². The Hall–Kier alpha value is -2.26. The van der Waals surface area contributed by atoms with Crippen molar-refractivity contribution < 1.29 is 9.13 Å². The number of piperazine rings is 1. The highest BCUT2D eigenvalue weighted by atomic mass is 19.1. The molecule has 4 heterocycles. The van der Waals surface area contributed by atoms with Gasteiger partial charge in [0.2, 0.25) is 5.82 Å². The van der Waals surface area contributed by atoms with Crippen LogP contribution in [0.5, 0.6) is 0 Å². The van der Waals surface area contributed by atoms with Crippen molar-refractivity contribution in [1.82, 2.24) is 25.1 Å². The second-order valence-electron chi connectivity index (χ2n) is 8.56. The van der Waals surface area contributed by atoms with Crippen molar-refractivity contribution in [3.05, 3.63) is 23.4 Å². The molecule has 3 aliphatic rings. The molecule has 2 N–H and O–H groups in total. The number of H-pyrrole nitrogens is 1. The highest BCUT2D eigenvalue weighted by molar-refractivity contribution is 5.59. The van der Waals surface area contributed by atoms with E-state index in [9.17, 15) is 0 Å². The van der Waals surface area contributed by atoms with E-state index in [2.05, 4.69) is 42.2 Å². The summed E-state index contributed by atoms with van der Waals surface area (Å²) in [4.78, 5) is 13.6. The van der Waals surface area contributed by atoms with Crippen LogP contribution in [0.1, 0.15) is 44.1 Å². The lowest BCUT2D eigenvalue weighted by Gasteiger charge is -2.50. The molecule has 1 aliphatic carbocycles. The fourth-order valence-corrected chi connectivity index (χ4v) is 4.03. The summed E-state index contributed by atoms with van der Waals surface area (Å²) in [5.74, 6) is 1.87. The van der Waals surface area contributed by atoms with Crippen LogP contribution in [0, 0.1) is 5.82 Å². The molecular formula is C20H28FN7O. The molecule has 0 radical (unpaired) electrons. The molecule has 0 unspecified atom stereocenters. The molecular weight excluding hydrogens is 373 g/mol. The number of aryl methyl sites for hydroxylation is 1. The van der Waals surface area contributed by atoms with Crippen LogP contribution in [0.25, 0.3) is 0 Å². The molecule has 0 amide bonds. The lowest BCUT2D eigenvalue weighted by molar-refractivity contribution is -0.131. The standard InChI is InChI=1S/C20H28FN7O/c1-3-14-10-15(26-25-14)22-18-16(21)19(24-17(23-18)13-4-5-13)27-6-8-28(9-7-27)20(2)11-29-12-20/h10,13H,3-9,11-12H2,1-2H3,(H2,22,23,24,25,26). The number of anilines is 3. The summed E-state index contributed by atoms with van der Waals surface area (Å²) in [5.41, 5.74) is 1.12. The molecule has 2 aromatic rings. The Bertz CT molecular complexity index is 885. The fraction of sp³-hybridized carbons (Fsp3) is 0.650. The summed E-state index contributed by atoms with van der Waals surface area (Å²) in [6.45, 7) is 9.08. The third kappa shape index (κ3) is 3.57. The summed E-state index contributed by atoms with van der Waals surface area (Å²) in [6, 6.07) is 1.89. The lowest BCUT2D eigenvalue weighted by Crippen LogP contribution is -2.64. The third-order valence-electron chi connectivity index (χ3n) is 6.22. The molecule has 1 saturated carbocycles. The lowest BCUT2D eigenvalue weighted by atomic mass is 9.97. The molecule has 156 valence electrons. The summed E-state index contributed by atoms with van der Waals surface area (Å²) < 4.78 is 20.8. The van der Waals surface area contributed by atoms with E-state index in [1.807, 2.05) is 13.0 Å². The first-order chi connectivity index (χ1) is 14.1. The highest BCUT2D eigenvalue weighted by Gasteiger charge is 2.41. The zero-order valence-corrected chi connectivity index (χ0v) is 17.0.